The number of piperidine rings is 1. The predicted octanol–water partition coefficient (Wildman–Crippen LogP) is 1.74. The molecule has 1 heterocycles. The van der Waals surface area contributed by atoms with Gasteiger partial charge in [-0.05, 0) is 40.5 Å². The zero-order valence-electron chi connectivity index (χ0n) is 13.9. The molecule has 1 atom stereocenters. The molecule has 0 unspecified atom stereocenters. The van der Waals surface area contributed by atoms with Crippen LogP contribution in [0.3, 0.4) is 0 Å². The Morgan fingerprint density at radius 3 is 2.32 bits per heavy atom. The van der Waals surface area contributed by atoms with Crippen molar-refractivity contribution in [1.82, 2.24) is 4.90 Å². The molecule has 0 saturated carbocycles. The maximum absolute atomic E-state index is 12.3. The summed E-state index contributed by atoms with van der Waals surface area (Å²) in [5.41, 5.74) is -2.12. The molecule has 1 fully saturated rings. The van der Waals surface area contributed by atoms with Crippen LogP contribution < -0.4 is 0 Å². The quantitative estimate of drug-likeness (QED) is 0.448. The van der Waals surface area contributed by atoms with Gasteiger partial charge in [-0.15, -0.1) is 0 Å². The van der Waals surface area contributed by atoms with E-state index in [9.17, 15) is 14.4 Å². The first-order valence-electron chi connectivity index (χ1n) is 7.40. The van der Waals surface area contributed by atoms with E-state index >= 15 is 0 Å². The Kier molecular flexibility index (Phi) is 5.79. The van der Waals surface area contributed by atoms with E-state index in [2.05, 4.69) is 0 Å². The van der Waals surface area contributed by atoms with Crippen molar-refractivity contribution >= 4 is 18.0 Å². The molecule has 0 aromatic carbocycles. The third-order valence-corrected chi connectivity index (χ3v) is 3.39. The molecule has 126 valence electrons. The normalized spacial score (nSPS) is 22.0. The van der Waals surface area contributed by atoms with E-state index in [1.807, 2.05) is 0 Å². The molecule has 0 N–H and O–H groups in total. The van der Waals surface area contributed by atoms with E-state index in [0.717, 1.165) is 0 Å². The number of rotatable bonds is 3. The van der Waals surface area contributed by atoms with Crippen LogP contribution in [0, 0.1) is 5.41 Å². The number of hydrogen-bond donors (Lipinski definition) is 0. The smallest absolute Gasteiger partial charge is 0.410 e. The number of hydrogen-bond acceptors (Lipinski definition) is 6. The lowest BCUT2D eigenvalue weighted by Crippen LogP contribution is -2.55. The predicted molar refractivity (Wildman–Crippen MR) is 78.1 cm³/mol. The Balaban J connectivity index is 2.97. The molecule has 1 aliphatic rings. The van der Waals surface area contributed by atoms with Gasteiger partial charge < -0.3 is 19.1 Å². The molecule has 0 spiro atoms. The van der Waals surface area contributed by atoms with Crippen molar-refractivity contribution in [2.24, 2.45) is 5.41 Å². The second kappa shape index (κ2) is 6.98. The second-order valence-electron chi connectivity index (χ2n) is 6.30. The number of carbonyl (C=O) groups is 3. The monoisotopic (exact) mass is 315 g/mol. The van der Waals surface area contributed by atoms with Gasteiger partial charge in [0.1, 0.15) is 5.60 Å². The molecule has 0 aromatic heterocycles. The number of carbonyl (C=O) groups excluding carboxylic acids is 3. The first-order chi connectivity index (χ1) is 10.2. The van der Waals surface area contributed by atoms with E-state index in [1.165, 1.54) is 12.0 Å². The minimum absolute atomic E-state index is 0.0899. The third kappa shape index (κ3) is 4.11. The van der Waals surface area contributed by atoms with Crippen molar-refractivity contribution in [3.05, 3.63) is 0 Å². The number of likely N-dealkylation sites (tertiary alicyclic amines) is 1. The molecule has 1 saturated heterocycles. The van der Waals surface area contributed by atoms with E-state index in [1.54, 1.807) is 27.7 Å². The summed E-state index contributed by atoms with van der Waals surface area (Å²) in [7, 11) is 1.22. The van der Waals surface area contributed by atoms with Gasteiger partial charge in [0.05, 0.1) is 20.3 Å². The van der Waals surface area contributed by atoms with E-state index < -0.39 is 29.0 Å². The zero-order chi connectivity index (χ0) is 17.0. The number of ether oxygens (including phenoxy) is 3. The Hall–Kier alpha value is -1.79. The van der Waals surface area contributed by atoms with Crippen molar-refractivity contribution in [3.8, 4) is 0 Å². The molecular formula is C15H25NO6. The SMILES string of the molecule is CCOC(=O)[C@@]1(C(=O)OC)CCCN(C(=O)OC(C)(C)C)C1. The fourth-order valence-electron chi connectivity index (χ4n) is 2.42. The maximum Gasteiger partial charge on any atom is 0.410 e. The van der Waals surface area contributed by atoms with Gasteiger partial charge >= 0.3 is 18.0 Å². The number of amides is 1. The van der Waals surface area contributed by atoms with Crippen molar-refractivity contribution < 1.29 is 28.6 Å². The first-order valence-corrected chi connectivity index (χ1v) is 7.40. The highest BCUT2D eigenvalue weighted by atomic mass is 16.6. The van der Waals surface area contributed by atoms with Crippen molar-refractivity contribution in [3.63, 3.8) is 0 Å². The standard InChI is InChI=1S/C15H25NO6/c1-6-21-12(18)15(11(17)20-5)8-7-9-16(10-15)13(19)22-14(2,3)4/h6-10H2,1-5H3/t15-/m0/s1. The highest BCUT2D eigenvalue weighted by Crippen LogP contribution is 2.33. The van der Waals surface area contributed by atoms with E-state index in [0.29, 0.717) is 13.0 Å². The van der Waals surface area contributed by atoms with Crippen LogP contribution in [0.5, 0.6) is 0 Å². The van der Waals surface area contributed by atoms with Gasteiger partial charge in [-0.1, -0.05) is 0 Å². The highest BCUT2D eigenvalue weighted by Gasteiger charge is 2.52. The zero-order valence-corrected chi connectivity index (χ0v) is 13.9. The first kappa shape index (κ1) is 18.3. The van der Waals surface area contributed by atoms with Gasteiger partial charge in [-0.25, -0.2) is 4.79 Å². The van der Waals surface area contributed by atoms with Gasteiger partial charge in [-0.3, -0.25) is 9.59 Å². The molecule has 0 aliphatic carbocycles. The lowest BCUT2D eigenvalue weighted by molar-refractivity contribution is -0.174. The average Bonchev–Trinajstić information content (AvgIpc) is 2.44. The van der Waals surface area contributed by atoms with Crippen LogP contribution in [0.4, 0.5) is 4.79 Å². The summed E-state index contributed by atoms with van der Waals surface area (Å²) in [4.78, 5) is 38.0. The highest BCUT2D eigenvalue weighted by molar-refractivity contribution is 6.00. The Morgan fingerprint density at radius 1 is 1.18 bits per heavy atom. The molecule has 1 rings (SSSR count). The van der Waals surface area contributed by atoms with Crippen LogP contribution in [0.1, 0.15) is 40.5 Å². The van der Waals surface area contributed by atoms with Gasteiger partial charge in [0.25, 0.3) is 0 Å². The summed E-state index contributed by atoms with van der Waals surface area (Å²) < 4.78 is 15.1. The van der Waals surface area contributed by atoms with Gasteiger partial charge in [0, 0.05) is 6.54 Å². The number of methoxy groups -OCH3 is 1. The minimum Gasteiger partial charge on any atom is -0.468 e. The summed E-state index contributed by atoms with van der Waals surface area (Å²) >= 11 is 0. The van der Waals surface area contributed by atoms with Crippen LogP contribution in [0.2, 0.25) is 0 Å². The number of esters is 2. The molecule has 1 amide bonds. The summed E-state index contributed by atoms with van der Waals surface area (Å²) in [5, 5.41) is 0. The average molecular weight is 315 g/mol. The summed E-state index contributed by atoms with van der Waals surface area (Å²) in [6, 6.07) is 0. The Morgan fingerprint density at radius 2 is 1.82 bits per heavy atom. The molecular weight excluding hydrogens is 290 g/mol. The Bertz CT molecular complexity index is 442. The van der Waals surface area contributed by atoms with Gasteiger partial charge in [0.15, 0.2) is 5.41 Å². The fraction of sp³-hybridized carbons (Fsp3) is 0.800. The topological polar surface area (TPSA) is 82.1 Å². The summed E-state index contributed by atoms with van der Waals surface area (Å²) in [6.07, 6.45) is 0.232. The third-order valence-electron chi connectivity index (χ3n) is 3.39. The second-order valence-corrected chi connectivity index (χ2v) is 6.30. The van der Waals surface area contributed by atoms with Crippen molar-refractivity contribution in [2.75, 3.05) is 26.8 Å². The van der Waals surface area contributed by atoms with Gasteiger partial charge in [0.2, 0.25) is 0 Å². The molecule has 7 nitrogen and oxygen atoms in total. The number of nitrogens with zero attached hydrogens (tertiary/aromatic N) is 1. The van der Waals surface area contributed by atoms with Crippen molar-refractivity contribution in [1.29, 1.82) is 0 Å². The minimum atomic E-state index is -1.47. The van der Waals surface area contributed by atoms with Crippen LogP contribution in [0.15, 0.2) is 0 Å². The molecule has 1 aliphatic heterocycles. The van der Waals surface area contributed by atoms with Crippen LogP contribution in [0.25, 0.3) is 0 Å². The molecule has 22 heavy (non-hydrogen) atoms. The van der Waals surface area contributed by atoms with Crippen LogP contribution in [-0.2, 0) is 23.8 Å². The molecule has 0 bridgehead atoms. The van der Waals surface area contributed by atoms with Crippen LogP contribution in [-0.4, -0.2) is 55.3 Å². The largest absolute Gasteiger partial charge is 0.468 e. The van der Waals surface area contributed by atoms with Crippen molar-refractivity contribution in [2.45, 2.75) is 46.1 Å². The summed E-state index contributed by atoms with van der Waals surface area (Å²) in [5.74, 6) is -1.34. The summed E-state index contributed by atoms with van der Waals surface area (Å²) in [6.45, 7) is 7.43. The lowest BCUT2D eigenvalue weighted by Gasteiger charge is -2.39. The Labute approximate surface area is 130 Å². The maximum atomic E-state index is 12.3. The van der Waals surface area contributed by atoms with Crippen LogP contribution >= 0.6 is 0 Å². The molecule has 7 heteroatoms. The van der Waals surface area contributed by atoms with Gasteiger partial charge in [-0.2, -0.15) is 0 Å². The fourth-order valence-corrected chi connectivity index (χ4v) is 2.42. The van der Waals surface area contributed by atoms with E-state index in [-0.39, 0.29) is 19.6 Å². The molecule has 0 radical (unpaired) electrons. The molecule has 0 aromatic rings. The van der Waals surface area contributed by atoms with E-state index in [4.69, 9.17) is 14.2 Å². The lowest BCUT2D eigenvalue weighted by atomic mass is 9.80.